The Balaban J connectivity index is 2.05. The monoisotopic (exact) mass is 256 g/mol. The van der Waals surface area contributed by atoms with Crippen LogP contribution in [0.4, 0.5) is 0 Å². The second-order valence-corrected chi connectivity index (χ2v) is 4.51. The van der Waals surface area contributed by atoms with Crippen molar-refractivity contribution in [2.45, 2.75) is 19.8 Å². The molecule has 2 aromatic carbocycles. The molecule has 0 heterocycles. The highest BCUT2D eigenvalue weighted by Gasteiger charge is 2.12. The van der Waals surface area contributed by atoms with E-state index in [0.717, 1.165) is 5.56 Å². The van der Waals surface area contributed by atoms with Crippen molar-refractivity contribution >= 4 is 5.97 Å². The Morgan fingerprint density at radius 3 is 2.26 bits per heavy atom. The number of carbonyl (C=O) groups is 1. The van der Waals surface area contributed by atoms with Crippen molar-refractivity contribution < 1.29 is 14.6 Å². The zero-order valence-electron chi connectivity index (χ0n) is 11.0. The van der Waals surface area contributed by atoms with Gasteiger partial charge in [0.15, 0.2) is 5.75 Å². The first-order valence-corrected chi connectivity index (χ1v) is 6.21. The average molecular weight is 256 g/mol. The fraction of sp³-hybridized carbons (Fsp3) is 0.188. The van der Waals surface area contributed by atoms with Gasteiger partial charge in [-0.1, -0.05) is 50.2 Å². The predicted molar refractivity (Wildman–Crippen MR) is 73.0 cm³/mol. The molecule has 0 aliphatic carbocycles. The zero-order valence-corrected chi connectivity index (χ0v) is 11.0. The largest absolute Gasteiger partial charge is 0.386 e. The van der Waals surface area contributed by atoms with Crippen LogP contribution in [0.25, 0.3) is 0 Å². The van der Waals surface area contributed by atoms with E-state index >= 15 is 0 Å². The van der Waals surface area contributed by atoms with Crippen LogP contribution in [0.1, 0.15) is 35.7 Å². The number of hydrogen-bond acceptors (Lipinski definition) is 3. The molecular weight excluding hydrogens is 240 g/mol. The molecule has 0 spiro atoms. The highest BCUT2D eigenvalue weighted by atomic mass is 17.2. The molecule has 0 aromatic heterocycles. The van der Waals surface area contributed by atoms with Gasteiger partial charge in [-0.2, -0.15) is 0 Å². The van der Waals surface area contributed by atoms with Crippen LogP contribution in [-0.4, -0.2) is 5.97 Å². The Morgan fingerprint density at radius 1 is 0.947 bits per heavy atom. The van der Waals surface area contributed by atoms with Crippen LogP contribution < -0.4 is 4.89 Å². The molecule has 0 fully saturated rings. The Hall–Kier alpha value is -2.29. The Kier molecular flexibility index (Phi) is 4.18. The van der Waals surface area contributed by atoms with Gasteiger partial charge in [0.25, 0.3) is 0 Å². The summed E-state index contributed by atoms with van der Waals surface area (Å²) in [6, 6.07) is 16.3. The van der Waals surface area contributed by atoms with E-state index in [1.54, 1.807) is 30.3 Å². The molecule has 2 aromatic rings. The van der Waals surface area contributed by atoms with Crippen LogP contribution in [0.15, 0.2) is 54.6 Å². The summed E-state index contributed by atoms with van der Waals surface area (Å²) >= 11 is 0. The Labute approximate surface area is 112 Å². The van der Waals surface area contributed by atoms with Gasteiger partial charge in [-0.15, -0.1) is 0 Å². The summed E-state index contributed by atoms with van der Waals surface area (Å²) in [4.78, 5) is 21.8. The highest BCUT2D eigenvalue weighted by molar-refractivity contribution is 5.88. The van der Waals surface area contributed by atoms with E-state index in [1.165, 1.54) is 0 Å². The normalized spacial score (nSPS) is 10.3. The molecule has 0 atom stereocenters. The summed E-state index contributed by atoms with van der Waals surface area (Å²) in [7, 11) is 0. The van der Waals surface area contributed by atoms with E-state index < -0.39 is 5.97 Å². The van der Waals surface area contributed by atoms with Crippen LogP contribution in [0, 0.1) is 0 Å². The summed E-state index contributed by atoms with van der Waals surface area (Å²) in [6.45, 7) is 4.11. The van der Waals surface area contributed by atoms with Crippen LogP contribution in [0.3, 0.4) is 0 Å². The quantitative estimate of drug-likeness (QED) is 0.613. The van der Waals surface area contributed by atoms with Crippen LogP contribution >= 0.6 is 0 Å². The fourth-order valence-corrected chi connectivity index (χ4v) is 1.74. The summed E-state index contributed by atoms with van der Waals surface area (Å²) in [5, 5.41) is 0. The minimum Gasteiger partial charge on any atom is -0.286 e. The van der Waals surface area contributed by atoms with Crippen molar-refractivity contribution in [3.05, 3.63) is 65.7 Å². The Bertz CT molecular complexity index is 547. The van der Waals surface area contributed by atoms with E-state index in [2.05, 4.69) is 13.8 Å². The van der Waals surface area contributed by atoms with E-state index in [0.29, 0.717) is 17.2 Å². The van der Waals surface area contributed by atoms with E-state index in [9.17, 15) is 4.79 Å². The molecule has 0 bridgehead atoms. The smallest absolute Gasteiger partial charge is 0.286 e. The number of para-hydroxylation sites is 1. The molecule has 0 aliphatic rings. The third kappa shape index (κ3) is 3.35. The maximum atomic E-state index is 11.8. The lowest BCUT2D eigenvalue weighted by atomic mass is 10.0. The average Bonchev–Trinajstić information content (AvgIpc) is 2.46. The molecule has 0 saturated carbocycles. The highest BCUT2D eigenvalue weighted by Crippen LogP contribution is 2.26. The van der Waals surface area contributed by atoms with Gasteiger partial charge in [-0.25, -0.2) is 9.68 Å². The minimum absolute atomic E-state index is 0.298. The van der Waals surface area contributed by atoms with Crippen molar-refractivity contribution in [2.24, 2.45) is 0 Å². The van der Waals surface area contributed by atoms with Gasteiger partial charge in [-0.05, 0) is 24.1 Å². The molecular formula is C16H16O3. The lowest BCUT2D eigenvalue weighted by Crippen LogP contribution is -2.09. The zero-order chi connectivity index (χ0) is 13.7. The molecule has 0 N–H and O–H groups in total. The number of carbonyl (C=O) groups excluding carboxylic acids is 1. The molecule has 0 saturated heterocycles. The standard InChI is InChI=1S/C16H16O3/c1-12(2)14-10-6-7-11-15(14)18-19-16(17)13-8-4-3-5-9-13/h3-12H,1-2H3. The van der Waals surface area contributed by atoms with Crippen molar-refractivity contribution in [2.75, 3.05) is 0 Å². The van der Waals surface area contributed by atoms with Gasteiger partial charge in [0, 0.05) is 5.56 Å². The van der Waals surface area contributed by atoms with Gasteiger partial charge < -0.3 is 0 Å². The molecule has 0 amide bonds. The first-order chi connectivity index (χ1) is 9.18. The molecule has 0 unspecified atom stereocenters. The SMILES string of the molecule is CC(C)c1ccccc1OOC(=O)c1ccccc1. The third-order valence-electron chi connectivity index (χ3n) is 2.76. The van der Waals surface area contributed by atoms with Crippen molar-refractivity contribution in [3.63, 3.8) is 0 Å². The molecule has 0 aliphatic heterocycles. The molecule has 3 heteroatoms. The van der Waals surface area contributed by atoms with Crippen molar-refractivity contribution in [3.8, 4) is 5.75 Å². The predicted octanol–water partition coefficient (Wildman–Crippen LogP) is 3.96. The molecule has 19 heavy (non-hydrogen) atoms. The lowest BCUT2D eigenvalue weighted by molar-refractivity contribution is -0.150. The van der Waals surface area contributed by atoms with Gasteiger partial charge in [0.2, 0.25) is 0 Å². The Morgan fingerprint density at radius 2 is 1.58 bits per heavy atom. The molecule has 98 valence electrons. The molecule has 2 rings (SSSR count). The van der Waals surface area contributed by atoms with Crippen LogP contribution in [0.5, 0.6) is 5.75 Å². The maximum absolute atomic E-state index is 11.8. The summed E-state index contributed by atoms with van der Waals surface area (Å²) in [6.07, 6.45) is 0. The van der Waals surface area contributed by atoms with E-state index in [-0.39, 0.29) is 0 Å². The van der Waals surface area contributed by atoms with Gasteiger partial charge in [-0.3, -0.25) is 4.89 Å². The second kappa shape index (κ2) is 6.05. The summed E-state index contributed by atoms with van der Waals surface area (Å²) in [5.74, 6) is 0.368. The maximum Gasteiger partial charge on any atom is 0.386 e. The van der Waals surface area contributed by atoms with Crippen LogP contribution in [-0.2, 0) is 4.89 Å². The first-order valence-electron chi connectivity index (χ1n) is 6.21. The van der Waals surface area contributed by atoms with Gasteiger partial charge in [0.1, 0.15) is 0 Å². The summed E-state index contributed by atoms with van der Waals surface area (Å²) in [5.41, 5.74) is 1.47. The second-order valence-electron chi connectivity index (χ2n) is 4.51. The van der Waals surface area contributed by atoms with Gasteiger partial charge >= 0.3 is 5.97 Å². The number of benzene rings is 2. The lowest BCUT2D eigenvalue weighted by Gasteiger charge is -2.11. The minimum atomic E-state index is -0.501. The topological polar surface area (TPSA) is 35.5 Å². The fourth-order valence-electron chi connectivity index (χ4n) is 1.74. The number of rotatable bonds is 4. The number of hydrogen-bond donors (Lipinski definition) is 0. The first kappa shape index (κ1) is 13.1. The summed E-state index contributed by atoms with van der Waals surface area (Å²) < 4.78 is 0. The third-order valence-corrected chi connectivity index (χ3v) is 2.76. The van der Waals surface area contributed by atoms with Gasteiger partial charge in [0.05, 0.1) is 5.56 Å². The van der Waals surface area contributed by atoms with E-state index in [4.69, 9.17) is 9.78 Å². The molecule has 3 nitrogen and oxygen atoms in total. The van der Waals surface area contributed by atoms with Crippen molar-refractivity contribution in [1.82, 2.24) is 0 Å². The van der Waals surface area contributed by atoms with Crippen LogP contribution in [0.2, 0.25) is 0 Å². The molecule has 0 radical (unpaired) electrons. The van der Waals surface area contributed by atoms with Crippen molar-refractivity contribution in [1.29, 1.82) is 0 Å². The van der Waals surface area contributed by atoms with E-state index in [1.807, 2.05) is 24.3 Å².